The van der Waals surface area contributed by atoms with Crippen LogP contribution < -0.4 is 10.1 Å². The van der Waals surface area contributed by atoms with Gasteiger partial charge in [-0.05, 0) is 18.2 Å². The number of nitrogens with zero attached hydrogens (tertiary/aromatic N) is 2. The highest BCUT2D eigenvalue weighted by molar-refractivity contribution is 6.35. The molecule has 2 aromatic rings. The molecular formula is C11H9Cl2N3O. The van der Waals surface area contributed by atoms with Crippen LogP contribution in [-0.2, 0) is 0 Å². The number of anilines is 1. The molecule has 1 N–H and O–H groups in total. The number of ether oxygens (including phenoxy) is 1. The average molecular weight is 270 g/mol. The zero-order valence-electron chi connectivity index (χ0n) is 8.95. The van der Waals surface area contributed by atoms with Gasteiger partial charge in [-0.25, -0.2) is 4.98 Å². The van der Waals surface area contributed by atoms with E-state index >= 15 is 0 Å². The summed E-state index contributed by atoms with van der Waals surface area (Å²) >= 11 is 11.8. The van der Waals surface area contributed by atoms with Crippen molar-refractivity contribution in [1.82, 2.24) is 9.97 Å². The lowest BCUT2D eigenvalue weighted by atomic mass is 10.3. The van der Waals surface area contributed by atoms with E-state index in [2.05, 4.69) is 15.3 Å². The van der Waals surface area contributed by atoms with Gasteiger partial charge in [0.25, 0.3) is 0 Å². The molecule has 1 heterocycles. The molecule has 1 aromatic carbocycles. The third-order valence-corrected chi connectivity index (χ3v) is 2.49. The van der Waals surface area contributed by atoms with Crippen molar-refractivity contribution in [2.75, 3.05) is 12.4 Å². The largest absolute Gasteiger partial charge is 0.437 e. The molecule has 0 unspecified atom stereocenters. The summed E-state index contributed by atoms with van der Waals surface area (Å²) in [5.41, 5.74) is 0. The summed E-state index contributed by atoms with van der Waals surface area (Å²) in [7, 11) is 1.73. The molecule has 0 saturated heterocycles. The van der Waals surface area contributed by atoms with Gasteiger partial charge in [0.15, 0.2) is 0 Å². The van der Waals surface area contributed by atoms with Crippen LogP contribution in [0.4, 0.5) is 5.95 Å². The number of aromatic nitrogens is 2. The summed E-state index contributed by atoms with van der Waals surface area (Å²) in [6.45, 7) is 0. The van der Waals surface area contributed by atoms with Crippen molar-refractivity contribution in [3.8, 4) is 11.6 Å². The van der Waals surface area contributed by atoms with Gasteiger partial charge in [-0.15, -0.1) is 0 Å². The Labute approximate surface area is 109 Å². The molecule has 0 aliphatic carbocycles. The van der Waals surface area contributed by atoms with Crippen LogP contribution in [-0.4, -0.2) is 17.0 Å². The van der Waals surface area contributed by atoms with Gasteiger partial charge < -0.3 is 10.1 Å². The van der Waals surface area contributed by atoms with E-state index in [4.69, 9.17) is 27.9 Å². The Bertz CT molecular complexity index is 534. The van der Waals surface area contributed by atoms with Gasteiger partial charge >= 0.3 is 0 Å². The quantitative estimate of drug-likeness (QED) is 0.925. The summed E-state index contributed by atoms with van der Waals surface area (Å²) in [6, 6.07) is 6.64. The lowest BCUT2D eigenvalue weighted by Gasteiger charge is -2.07. The predicted molar refractivity (Wildman–Crippen MR) is 68.1 cm³/mol. The van der Waals surface area contributed by atoms with Crippen molar-refractivity contribution in [1.29, 1.82) is 0 Å². The third-order valence-electron chi connectivity index (χ3n) is 1.96. The minimum atomic E-state index is 0.411. The van der Waals surface area contributed by atoms with Crippen LogP contribution in [0.5, 0.6) is 11.6 Å². The number of hydrogen-bond donors (Lipinski definition) is 1. The topological polar surface area (TPSA) is 47.0 Å². The van der Waals surface area contributed by atoms with Crippen LogP contribution in [0.15, 0.2) is 30.5 Å². The molecule has 0 bridgehead atoms. The molecule has 0 spiro atoms. The van der Waals surface area contributed by atoms with E-state index < -0.39 is 0 Å². The average Bonchev–Trinajstić information content (AvgIpc) is 2.33. The van der Waals surface area contributed by atoms with Crippen molar-refractivity contribution >= 4 is 29.2 Å². The van der Waals surface area contributed by atoms with E-state index in [1.807, 2.05) is 0 Å². The summed E-state index contributed by atoms with van der Waals surface area (Å²) in [5.74, 6) is 1.39. The van der Waals surface area contributed by atoms with Crippen molar-refractivity contribution in [3.63, 3.8) is 0 Å². The summed E-state index contributed by atoms with van der Waals surface area (Å²) in [5, 5.41) is 3.81. The summed E-state index contributed by atoms with van der Waals surface area (Å²) < 4.78 is 5.52. The fourth-order valence-corrected chi connectivity index (χ4v) is 1.64. The third kappa shape index (κ3) is 2.99. The molecule has 88 valence electrons. The lowest BCUT2D eigenvalue weighted by Crippen LogP contribution is -1.97. The minimum absolute atomic E-state index is 0.411. The molecule has 6 heteroatoms. The van der Waals surface area contributed by atoms with Gasteiger partial charge in [-0.1, -0.05) is 23.2 Å². The molecule has 1 aromatic heterocycles. The Kier molecular flexibility index (Phi) is 3.66. The standard InChI is InChI=1S/C11H9Cl2N3O/c1-14-11-15-5-4-10(16-11)17-9-3-2-7(12)6-8(9)13/h2-6H,1H3,(H,14,15,16). The van der Waals surface area contributed by atoms with E-state index in [9.17, 15) is 0 Å². The van der Waals surface area contributed by atoms with E-state index in [-0.39, 0.29) is 0 Å². The highest BCUT2D eigenvalue weighted by Gasteiger charge is 2.05. The molecule has 2 rings (SSSR count). The van der Waals surface area contributed by atoms with Crippen LogP contribution in [0, 0.1) is 0 Å². The molecule has 0 saturated carbocycles. The predicted octanol–water partition coefficient (Wildman–Crippen LogP) is 3.62. The Hall–Kier alpha value is -1.52. The maximum atomic E-state index is 5.98. The first-order valence-corrected chi connectivity index (χ1v) is 5.58. The number of hydrogen-bond acceptors (Lipinski definition) is 4. The molecule has 4 nitrogen and oxygen atoms in total. The Morgan fingerprint density at radius 3 is 2.76 bits per heavy atom. The van der Waals surface area contributed by atoms with Crippen LogP contribution >= 0.6 is 23.2 Å². The normalized spacial score (nSPS) is 10.1. The van der Waals surface area contributed by atoms with Crippen LogP contribution in [0.2, 0.25) is 10.0 Å². The van der Waals surface area contributed by atoms with Crippen molar-refractivity contribution < 1.29 is 4.74 Å². The van der Waals surface area contributed by atoms with Gasteiger partial charge in [-0.2, -0.15) is 4.98 Å². The number of nitrogens with one attached hydrogen (secondary N) is 1. The van der Waals surface area contributed by atoms with Gasteiger partial charge in [0, 0.05) is 24.3 Å². The second-order valence-electron chi connectivity index (χ2n) is 3.15. The zero-order chi connectivity index (χ0) is 12.3. The van der Waals surface area contributed by atoms with Gasteiger partial charge in [-0.3, -0.25) is 0 Å². The second kappa shape index (κ2) is 5.21. The second-order valence-corrected chi connectivity index (χ2v) is 3.99. The van der Waals surface area contributed by atoms with E-state index in [1.165, 1.54) is 0 Å². The molecule has 17 heavy (non-hydrogen) atoms. The van der Waals surface area contributed by atoms with Gasteiger partial charge in [0.2, 0.25) is 11.8 Å². The fourth-order valence-electron chi connectivity index (χ4n) is 1.19. The zero-order valence-corrected chi connectivity index (χ0v) is 10.5. The van der Waals surface area contributed by atoms with Crippen molar-refractivity contribution in [2.24, 2.45) is 0 Å². The summed E-state index contributed by atoms with van der Waals surface area (Å²) in [6.07, 6.45) is 1.60. The SMILES string of the molecule is CNc1nccc(Oc2ccc(Cl)cc2Cl)n1. The molecule has 0 radical (unpaired) electrons. The maximum absolute atomic E-state index is 5.98. The molecule has 0 amide bonds. The first kappa shape index (κ1) is 12.0. The monoisotopic (exact) mass is 269 g/mol. The number of halogens is 2. The first-order valence-electron chi connectivity index (χ1n) is 4.83. The Balaban J connectivity index is 2.25. The van der Waals surface area contributed by atoms with Crippen LogP contribution in [0.3, 0.4) is 0 Å². The molecule has 0 fully saturated rings. The molecule has 0 aliphatic rings. The molecule has 0 aliphatic heterocycles. The van der Waals surface area contributed by atoms with Crippen LogP contribution in [0.1, 0.15) is 0 Å². The maximum Gasteiger partial charge on any atom is 0.225 e. The number of rotatable bonds is 3. The Morgan fingerprint density at radius 2 is 2.06 bits per heavy atom. The fraction of sp³-hybridized carbons (Fsp3) is 0.0909. The summed E-state index contributed by atoms with van der Waals surface area (Å²) in [4.78, 5) is 8.09. The van der Waals surface area contributed by atoms with Crippen molar-refractivity contribution in [3.05, 3.63) is 40.5 Å². The highest BCUT2D eigenvalue weighted by Crippen LogP contribution is 2.30. The van der Waals surface area contributed by atoms with Gasteiger partial charge in [0.1, 0.15) is 5.75 Å². The van der Waals surface area contributed by atoms with Crippen LogP contribution in [0.25, 0.3) is 0 Å². The highest BCUT2D eigenvalue weighted by atomic mass is 35.5. The van der Waals surface area contributed by atoms with E-state index in [1.54, 1.807) is 37.5 Å². The molecular weight excluding hydrogens is 261 g/mol. The number of benzene rings is 1. The molecule has 0 atom stereocenters. The smallest absolute Gasteiger partial charge is 0.225 e. The van der Waals surface area contributed by atoms with Crippen molar-refractivity contribution in [2.45, 2.75) is 0 Å². The van der Waals surface area contributed by atoms with E-state index in [0.717, 1.165) is 0 Å². The minimum Gasteiger partial charge on any atom is -0.437 e. The van der Waals surface area contributed by atoms with E-state index in [0.29, 0.717) is 27.6 Å². The Morgan fingerprint density at radius 1 is 1.24 bits per heavy atom. The first-order chi connectivity index (χ1) is 8.19. The lowest BCUT2D eigenvalue weighted by molar-refractivity contribution is 0.462. The van der Waals surface area contributed by atoms with Gasteiger partial charge in [0.05, 0.1) is 5.02 Å².